The van der Waals surface area contributed by atoms with Gasteiger partial charge in [-0.15, -0.1) is 0 Å². The maximum Gasteiger partial charge on any atom is 0.289 e. The Morgan fingerprint density at radius 3 is 2.41 bits per heavy atom. The average molecular weight is 456 g/mol. The summed E-state index contributed by atoms with van der Waals surface area (Å²) in [6.07, 6.45) is 1.77. The number of carbonyl (C=O) groups is 3. The number of rotatable bonds is 9. The molecule has 2 amide bonds. The normalized spacial score (nSPS) is 12.8. The van der Waals surface area contributed by atoms with E-state index in [9.17, 15) is 18.6 Å². The van der Waals surface area contributed by atoms with E-state index < -0.39 is 33.9 Å². The van der Waals surface area contributed by atoms with E-state index in [4.69, 9.17) is 10.5 Å². The van der Waals surface area contributed by atoms with E-state index in [-0.39, 0.29) is 11.3 Å². The number of nitrogens with zero attached hydrogens (tertiary/aromatic N) is 1. The number of hydrogen-bond acceptors (Lipinski definition) is 5. The predicted octanol–water partition coefficient (Wildman–Crippen LogP) is 1.68. The van der Waals surface area contributed by atoms with Crippen molar-refractivity contribution >= 4 is 44.1 Å². The highest BCUT2D eigenvalue weighted by Gasteiger charge is 2.27. The third kappa shape index (κ3) is 5.00. The fraction of sp³-hybridized carbons (Fsp3) is 0.217. The van der Waals surface area contributed by atoms with Gasteiger partial charge in [-0.25, -0.2) is 4.21 Å². The maximum atomic E-state index is 12.8. The molecule has 1 unspecified atom stereocenters. The molecule has 0 saturated carbocycles. The molecule has 9 heteroatoms. The lowest BCUT2D eigenvalue weighted by molar-refractivity contribution is -0.121. The van der Waals surface area contributed by atoms with Crippen molar-refractivity contribution in [2.75, 3.05) is 12.9 Å². The topological polar surface area (TPSA) is 120 Å². The molecule has 3 rings (SSSR count). The molecule has 0 spiro atoms. The fourth-order valence-corrected chi connectivity index (χ4v) is 4.18. The number of amides is 2. The smallest absolute Gasteiger partial charge is 0.289 e. The van der Waals surface area contributed by atoms with Gasteiger partial charge in [-0.1, -0.05) is 43.3 Å². The summed E-state index contributed by atoms with van der Waals surface area (Å²) in [6, 6.07) is 14.8. The van der Waals surface area contributed by atoms with Gasteiger partial charge in [-0.05, 0) is 30.0 Å². The molecule has 8 nitrogen and oxygen atoms in total. The Balaban J connectivity index is 2.14. The Bertz CT molecular complexity index is 1290. The molecule has 0 saturated heterocycles. The molecule has 0 bridgehead atoms. The first kappa shape index (κ1) is 23.1. The fourth-order valence-electron chi connectivity index (χ4n) is 3.64. The van der Waals surface area contributed by atoms with E-state index in [0.717, 1.165) is 5.56 Å². The summed E-state index contributed by atoms with van der Waals surface area (Å²) in [5.41, 5.74) is 7.83. The zero-order valence-corrected chi connectivity index (χ0v) is 18.7. The van der Waals surface area contributed by atoms with E-state index in [2.05, 4.69) is 10.6 Å². The second-order valence-corrected chi connectivity index (χ2v) is 9.62. The van der Waals surface area contributed by atoms with Crippen molar-refractivity contribution < 1.29 is 23.3 Å². The number of primary amides is 1. The predicted molar refractivity (Wildman–Crippen MR) is 125 cm³/mol. The molecule has 32 heavy (non-hydrogen) atoms. The number of aromatic nitrogens is 1. The quantitative estimate of drug-likeness (QED) is 0.289. The Morgan fingerprint density at radius 1 is 1.12 bits per heavy atom. The lowest BCUT2D eigenvalue weighted by atomic mass is 10.0. The van der Waals surface area contributed by atoms with Crippen LogP contribution in [0.4, 0.5) is 0 Å². The largest absolute Gasteiger partial charge is 0.483 e. The van der Waals surface area contributed by atoms with Gasteiger partial charge < -0.3 is 15.0 Å². The zero-order chi connectivity index (χ0) is 23.5. The molecule has 3 N–H and O–H groups in total. The van der Waals surface area contributed by atoms with Gasteiger partial charge in [0.15, 0.2) is 6.61 Å². The van der Waals surface area contributed by atoms with E-state index in [1.807, 2.05) is 47.9 Å². The first-order valence-corrected chi connectivity index (χ1v) is 12.0. The van der Waals surface area contributed by atoms with Crippen molar-refractivity contribution in [1.29, 1.82) is 0 Å². The van der Waals surface area contributed by atoms with E-state index in [1.54, 1.807) is 12.1 Å². The van der Waals surface area contributed by atoms with Crippen LogP contribution in [-0.2, 0) is 32.3 Å². The van der Waals surface area contributed by atoms with Crippen LogP contribution in [-0.4, -0.2) is 45.1 Å². The minimum atomic E-state index is -2.74. The van der Waals surface area contributed by atoms with Crippen LogP contribution in [0.5, 0.6) is 5.75 Å². The summed E-state index contributed by atoms with van der Waals surface area (Å²) < 4.78 is 21.6. The molecule has 0 fully saturated rings. The van der Waals surface area contributed by atoms with Gasteiger partial charge in [0.1, 0.15) is 5.75 Å². The zero-order valence-electron chi connectivity index (χ0n) is 17.9. The summed E-state index contributed by atoms with van der Waals surface area (Å²) in [7, 11) is -2.74. The van der Waals surface area contributed by atoms with Crippen molar-refractivity contribution in [3.63, 3.8) is 0 Å². The summed E-state index contributed by atoms with van der Waals surface area (Å²) >= 11 is 0. The summed E-state index contributed by atoms with van der Waals surface area (Å²) in [5.74, 6) is 1.11. The van der Waals surface area contributed by atoms with Crippen molar-refractivity contribution in [3.8, 4) is 5.75 Å². The molecule has 0 aliphatic rings. The van der Waals surface area contributed by atoms with Crippen LogP contribution in [0.2, 0.25) is 0 Å². The Morgan fingerprint density at radius 2 is 1.81 bits per heavy atom. The molecule has 0 aliphatic carbocycles. The second kappa shape index (κ2) is 9.27. The molecule has 1 aromatic heterocycles. The number of fused-ring (bicyclic) bond motifs is 1. The van der Waals surface area contributed by atoms with Gasteiger partial charge in [0.25, 0.3) is 17.6 Å². The lowest BCUT2D eigenvalue weighted by Gasteiger charge is -2.11. The third-order valence-electron chi connectivity index (χ3n) is 4.82. The molecule has 168 valence electrons. The monoisotopic (exact) mass is 455 g/mol. The SMILES string of the molecule is C=S(C)(=O)NC(=O)COc1cccc2c1c(C(=O)C(N)=O)c(CC)n2Cc1ccccc1. The highest BCUT2D eigenvalue weighted by Crippen LogP contribution is 2.35. The van der Waals surface area contributed by atoms with Crippen LogP contribution in [0, 0.1) is 0 Å². The standard InChI is InChI=1S/C23H25N3O5S/c1-4-16-21(22(28)23(24)29)20-17(26(16)13-15-9-6-5-7-10-15)11-8-12-18(20)31-14-19(27)25-32(2,3)30/h5-12H,2,4,13-14H2,1,3H3,(H2,24,29)(H,25,27,30). The van der Waals surface area contributed by atoms with Crippen molar-refractivity contribution in [3.05, 3.63) is 65.4 Å². The van der Waals surface area contributed by atoms with E-state index in [1.165, 1.54) is 6.26 Å². The van der Waals surface area contributed by atoms with Crippen molar-refractivity contribution in [2.45, 2.75) is 19.9 Å². The van der Waals surface area contributed by atoms with Gasteiger partial charge in [-0.2, -0.15) is 0 Å². The summed E-state index contributed by atoms with van der Waals surface area (Å²) in [4.78, 5) is 36.7. The highest BCUT2D eigenvalue weighted by atomic mass is 32.2. The molecule has 1 atom stereocenters. The van der Waals surface area contributed by atoms with E-state index in [0.29, 0.717) is 29.6 Å². The minimum absolute atomic E-state index is 0.165. The molecular weight excluding hydrogens is 430 g/mol. The molecule has 1 heterocycles. The van der Waals surface area contributed by atoms with E-state index >= 15 is 0 Å². The van der Waals surface area contributed by atoms with Crippen LogP contribution < -0.4 is 15.2 Å². The number of Topliss-reactive ketones (excluding diaryl/α,β-unsaturated/α-hetero) is 1. The Hall–Kier alpha value is -3.59. The van der Waals surface area contributed by atoms with Crippen LogP contribution in [0.15, 0.2) is 48.5 Å². The lowest BCUT2D eigenvalue weighted by Crippen LogP contribution is -2.33. The number of carbonyl (C=O) groups excluding carboxylic acids is 3. The van der Waals surface area contributed by atoms with Gasteiger partial charge in [0, 0.05) is 28.2 Å². The van der Waals surface area contributed by atoms with Crippen LogP contribution >= 0.6 is 0 Å². The Kier molecular flexibility index (Phi) is 6.69. The third-order valence-corrected chi connectivity index (χ3v) is 5.48. The van der Waals surface area contributed by atoms with Crippen molar-refractivity contribution in [2.24, 2.45) is 5.73 Å². The van der Waals surface area contributed by atoms with Crippen LogP contribution in [0.25, 0.3) is 10.9 Å². The van der Waals surface area contributed by atoms with Crippen molar-refractivity contribution in [1.82, 2.24) is 9.29 Å². The average Bonchev–Trinajstić information content (AvgIpc) is 3.05. The molecule has 2 aromatic carbocycles. The van der Waals surface area contributed by atoms with Gasteiger partial charge in [0.2, 0.25) is 0 Å². The second-order valence-electron chi connectivity index (χ2n) is 7.41. The molecular formula is C23H25N3O5S. The Labute approximate surface area is 186 Å². The number of nitrogens with one attached hydrogen (secondary N) is 1. The number of benzene rings is 2. The molecule has 0 aliphatic heterocycles. The maximum absolute atomic E-state index is 12.8. The number of ether oxygens (including phenoxy) is 1. The van der Waals surface area contributed by atoms with Crippen LogP contribution in [0.1, 0.15) is 28.5 Å². The van der Waals surface area contributed by atoms with Gasteiger partial charge >= 0.3 is 0 Å². The van der Waals surface area contributed by atoms with Gasteiger partial charge in [-0.3, -0.25) is 19.1 Å². The highest BCUT2D eigenvalue weighted by molar-refractivity contribution is 7.98. The first-order valence-electron chi connectivity index (χ1n) is 9.90. The molecule has 0 radical (unpaired) electrons. The minimum Gasteiger partial charge on any atom is -0.483 e. The number of ketones is 1. The molecule has 3 aromatic rings. The number of hydrogen-bond donors (Lipinski definition) is 2. The summed E-state index contributed by atoms with van der Waals surface area (Å²) in [5, 5.41) is 0.406. The first-order chi connectivity index (χ1) is 15.1. The summed E-state index contributed by atoms with van der Waals surface area (Å²) in [6.45, 7) is 1.92. The van der Waals surface area contributed by atoms with Crippen LogP contribution in [0.3, 0.4) is 0 Å². The number of nitrogens with two attached hydrogens (primary N) is 1. The van der Waals surface area contributed by atoms with Gasteiger partial charge in [0.05, 0.1) is 16.5 Å².